The van der Waals surface area contributed by atoms with Crippen LogP contribution in [0, 0.1) is 6.92 Å². The summed E-state index contributed by atoms with van der Waals surface area (Å²) in [6, 6.07) is 5.43. The lowest BCUT2D eigenvalue weighted by Crippen LogP contribution is -2.14. The lowest BCUT2D eigenvalue weighted by atomic mass is 10.2. The van der Waals surface area contributed by atoms with Crippen LogP contribution in [0.1, 0.15) is 17.3 Å². The Morgan fingerprint density at radius 3 is 2.53 bits per heavy atom. The standard InChI is InChI=1S/C11H11Cl2N3O/c1-7-15-11(16-17-7)6-14-5-8-9(12)3-2-4-10(8)13/h2-4,14H,5-6H2,1H3. The van der Waals surface area contributed by atoms with Gasteiger partial charge in [-0.25, -0.2) is 0 Å². The van der Waals surface area contributed by atoms with E-state index in [0.717, 1.165) is 5.56 Å². The molecule has 2 rings (SSSR count). The molecule has 0 aliphatic carbocycles. The topological polar surface area (TPSA) is 51.0 Å². The minimum atomic E-state index is 0.513. The van der Waals surface area contributed by atoms with Gasteiger partial charge in [-0.15, -0.1) is 0 Å². The summed E-state index contributed by atoms with van der Waals surface area (Å²) in [6.45, 7) is 2.83. The van der Waals surface area contributed by atoms with Gasteiger partial charge < -0.3 is 9.84 Å². The number of hydrogen-bond acceptors (Lipinski definition) is 4. The van der Waals surface area contributed by atoms with Gasteiger partial charge in [-0.2, -0.15) is 4.98 Å². The third-order valence-corrected chi connectivity index (χ3v) is 2.92. The number of hydrogen-bond donors (Lipinski definition) is 1. The van der Waals surface area contributed by atoms with E-state index in [1.807, 2.05) is 18.2 Å². The van der Waals surface area contributed by atoms with Gasteiger partial charge in [0.15, 0.2) is 5.82 Å². The molecule has 0 spiro atoms. The highest BCUT2D eigenvalue weighted by atomic mass is 35.5. The van der Waals surface area contributed by atoms with Gasteiger partial charge in [0.1, 0.15) is 0 Å². The maximum Gasteiger partial charge on any atom is 0.223 e. The van der Waals surface area contributed by atoms with Crippen molar-refractivity contribution in [3.8, 4) is 0 Å². The smallest absolute Gasteiger partial charge is 0.223 e. The molecular weight excluding hydrogens is 261 g/mol. The van der Waals surface area contributed by atoms with Crippen molar-refractivity contribution in [3.63, 3.8) is 0 Å². The Morgan fingerprint density at radius 2 is 1.94 bits per heavy atom. The van der Waals surface area contributed by atoms with Crippen molar-refractivity contribution < 1.29 is 4.52 Å². The third-order valence-electron chi connectivity index (χ3n) is 2.22. The lowest BCUT2D eigenvalue weighted by molar-refractivity contribution is 0.385. The Kier molecular flexibility index (Phi) is 3.99. The molecule has 4 nitrogen and oxygen atoms in total. The predicted molar refractivity (Wildman–Crippen MR) is 66.0 cm³/mol. The molecule has 0 bridgehead atoms. The second-order valence-electron chi connectivity index (χ2n) is 3.53. The average Bonchev–Trinajstić information content (AvgIpc) is 2.69. The maximum atomic E-state index is 6.04. The summed E-state index contributed by atoms with van der Waals surface area (Å²) >= 11 is 12.1. The molecule has 1 aromatic carbocycles. The van der Waals surface area contributed by atoms with Crippen molar-refractivity contribution >= 4 is 23.2 Å². The van der Waals surface area contributed by atoms with Crippen LogP contribution in [-0.2, 0) is 13.1 Å². The van der Waals surface area contributed by atoms with E-state index in [4.69, 9.17) is 27.7 Å². The Morgan fingerprint density at radius 1 is 1.24 bits per heavy atom. The van der Waals surface area contributed by atoms with Crippen LogP contribution in [-0.4, -0.2) is 10.1 Å². The van der Waals surface area contributed by atoms with Crippen molar-refractivity contribution in [1.29, 1.82) is 0 Å². The summed E-state index contributed by atoms with van der Waals surface area (Å²) in [5.41, 5.74) is 0.871. The molecule has 0 amide bonds. The fourth-order valence-electron chi connectivity index (χ4n) is 1.41. The van der Waals surface area contributed by atoms with Crippen molar-refractivity contribution in [1.82, 2.24) is 15.5 Å². The largest absolute Gasteiger partial charge is 0.340 e. The summed E-state index contributed by atoms with van der Waals surface area (Å²) in [5.74, 6) is 1.17. The van der Waals surface area contributed by atoms with E-state index in [9.17, 15) is 0 Å². The van der Waals surface area contributed by atoms with Crippen LogP contribution in [0.15, 0.2) is 22.7 Å². The molecule has 0 fully saturated rings. The predicted octanol–water partition coefficient (Wildman–Crippen LogP) is 2.97. The zero-order chi connectivity index (χ0) is 12.3. The summed E-state index contributed by atoms with van der Waals surface area (Å²) in [7, 11) is 0. The Balaban J connectivity index is 1.94. The van der Waals surface area contributed by atoms with Crippen molar-refractivity contribution in [2.24, 2.45) is 0 Å². The SMILES string of the molecule is Cc1nc(CNCc2c(Cl)cccc2Cl)no1. The Hall–Kier alpha value is -1.10. The van der Waals surface area contributed by atoms with E-state index < -0.39 is 0 Å². The van der Waals surface area contributed by atoms with Gasteiger partial charge in [0.25, 0.3) is 0 Å². The minimum Gasteiger partial charge on any atom is -0.340 e. The highest BCUT2D eigenvalue weighted by Gasteiger charge is 2.06. The first-order chi connectivity index (χ1) is 8.16. The number of rotatable bonds is 4. The van der Waals surface area contributed by atoms with Crippen LogP contribution in [0.5, 0.6) is 0 Å². The molecule has 0 radical (unpaired) electrons. The third kappa shape index (κ3) is 3.19. The number of aromatic nitrogens is 2. The van der Waals surface area contributed by atoms with Gasteiger partial charge in [-0.3, -0.25) is 0 Å². The molecule has 0 aliphatic heterocycles. The number of halogens is 2. The molecule has 0 saturated heterocycles. The van der Waals surface area contributed by atoms with Crippen molar-refractivity contribution in [2.75, 3.05) is 0 Å². The van der Waals surface area contributed by atoms with Crippen molar-refractivity contribution in [2.45, 2.75) is 20.0 Å². The normalized spacial score (nSPS) is 10.8. The minimum absolute atomic E-state index is 0.513. The first-order valence-electron chi connectivity index (χ1n) is 5.09. The van der Waals surface area contributed by atoms with Crippen LogP contribution in [0.25, 0.3) is 0 Å². The fraction of sp³-hybridized carbons (Fsp3) is 0.273. The van der Waals surface area contributed by atoms with E-state index in [0.29, 0.717) is 34.8 Å². The van der Waals surface area contributed by atoms with Crippen LogP contribution in [0.2, 0.25) is 10.0 Å². The molecule has 0 unspecified atom stereocenters. The molecule has 1 aromatic heterocycles. The molecular formula is C11H11Cl2N3O. The van der Waals surface area contributed by atoms with Gasteiger partial charge in [-0.1, -0.05) is 34.4 Å². The van der Waals surface area contributed by atoms with Crippen LogP contribution < -0.4 is 5.32 Å². The molecule has 90 valence electrons. The molecule has 2 aromatic rings. The molecule has 0 atom stereocenters. The Bertz CT molecular complexity index is 493. The van der Waals surface area contributed by atoms with Gasteiger partial charge in [0, 0.05) is 29.1 Å². The van der Waals surface area contributed by atoms with Gasteiger partial charge >= 0.3 is 0 Å². The molecule has 1 N–H and O–H groups in total. The van der Waals surface area contributed by atoms with Crippen molar-refractivity contribution in [3.05, 3.63) is 45.5 Å². The summed E-state index contributed by atoms with van der Waals surface area (Å²) in [4.78, 5) is 4.08. The van der Waals surface area contributed by atoms with Gasteiger partial charge in [-0.05, 0) is 12.1 Å². The van der Waals surface area contributed by atoms with E-state index in [1.54, 1.807) is 6.92 Å². The zero-order valence-corrected chi connectivity index (χ0v) is 10.7. The van der Waals surface area contributed by atoms with E-state index in [2.05, 4.69) is 15.5 Å². The first kappa shape index (κ1) is 12.4. The molecule has 0 aliphatic rings. The van der Waals surface area contributed by atoms with E-state index in [1.165, 1.54) is 0 Å². The number of aryl methyl sites for hydroxylation is 1. The maximum absolute atomic E-state index is 6.04. The second kappa shape index (κ2) is 5.49. The lowest BCUT2D eigenvalue weighted by Gasteiger charge is -2.06. The molecule has 6 heteroatoms. The van der Waals surface area contributed by atoms with Gasteiger partial charge in [0.2, 0.25) is 5.89 Å². The first-order valence-corrected chi connectivity index (χ1v) is 5.85. The number of nitrogens with one attached hydrogen (secondary N) is 1. The van der Waals surface area contributed by atoms with Crippen LogP contribution in [0.4, 0.5) is 0 Å². The molecule has 1 heterocycles. The van der Waals surface area contributed by atoms with Gasteiger partial charge in [0.05, 0.1) is 6.54 Å². The summed E-state index contributed by atoms with van der Waals surface area (Å²) in [6.07, 6.45) is 0. The summed E-state index contributed by atoms with van der Waals surface area (Å²) < 4.78 is 4.86. The fourth-order valence-corrected chi connectivity index (χ4v) is 1.94. The Labute approximate surface area is 109 Å². The number of nitrogens with zero attached hydrogens (tertiary/aromatic N) is 2. The quantitative estimate of drug-likeness (QED) is 0.929. The summed E-state index contributed by atoms with van der Waals surface area (Å²) in [5, 5.41) is 8.23. The zero-order valence-electron chi connectivity index (χ0n) is 9.20. The monoisotopic (exact) mass is 271 g/mol. The van der Waals surface area contributed by atoms with Crippen LogP contribution >= 0.6 is 23.2 Å². The molecule has 0 saturated carbocycles. The van der Waals surface area contributed by atoms with E-state index in [-0.39, 0.29) is 0 Å². The molecule has 17 heavy (non-hydrogen) atoms. The average molecular weight is 272 g/mol. The van der Waals surface area contributed by atoms with Crippen LogP contribution in [0.3, 0.4) is 0 Å². The number of benzene rings is 1. The highest BCUT2D eigenvalue weighted by Crippen LogP contribution is 2.23. The van der Waals surface area contributed by atoms with E-state index >= 15 is 0 Å². The second-order valence-corrected chi connectivity index (χ2v) is 4.35. The highest BCUT2D eigenvalue weighted by molar-refractivity contribution is 6.35.